The highest BCUT2D eigenvalue weighted by molar-refractivity contribution is 7.10. The highest BCUT2D eigenvalue weighted by Crippen LogP contribution is 2.35. The minimum Gasteiger partial charge on any atom is -0.550 e. The Balaban J connectivity index is 2.20. The zero-order valence-corrected chi connectivity index (χ0v) is 15.0. The molecular weight excluding hydrogens is 373 g/mol. The largest absolute Gasteiger partial charge is 0.550 e. The average Bonchev–Trinajstić information content (AvgIpc) is 2.90. The number of anilines is 2. The number of carbonyl (C=O) groups is 1. The van der Waals surface area contributed by atoms with Crippen LogP contribution in [0.2, 0.25) is 10.0 Å². The minimum absolute atomic E-state index is 0.0452. The Morgan fingerprint density at radius 3 is 2.79 bits per heavy atom. The number of aliphatic hydroxyl groups is 1. The summed E-state index contributed by atoms with van der Waals surface area (Å²) in [5.41, 5.74) is 1.90. The first kappa shape index (κ1) is 19.0. The van der Waals surface area contributed by atoms with Gasteiger partial charge in [0, 0.05) is 29.1 Å². The van der Waals surface area contributed by atoms with Crippen LogP contribution in [0, 0.1) is 0 Å². The number of rotatable bonds is 9. The van der Waals surface area contributed by atoms with E-state index in [9.17, 15) is 9.90 Å². The minimum atomic E-state index is -1.16. The van der Waals surface area contributed by atoms with Gasteiger partial charge in [-0.15, -0.1) is 11.3 Å². The number of carboxylic acids is 1. The van der Waals surface area contributed by atoms with Crippen molar-refractivity contribution in [3.8, 4) is 0 Å². The van der Waals surface area contributed by atoms with Crippen LogP contribution in [0.1, 0.15) is 10.4 Å². The van der Waals surface area contributed by atoms with Gasteiger partial charge in [0.05, 0.1) is 41.2 Å². The van der Waals surface area contributed by atoms with Crippen molar-refractivity contribution in [2.45, 2.75) is 12.8 Å². The molecular formula is C16H16Cl2NO4S-. The van der Waals surface area contributed by atoms with Gasteiger partial charge in [-0.1, -0.05) is 29.3 Å². The normalized spacial score (nSPS) is 10.8. The number of ether oxygens (including phenoxy) is 1. The first-order valence-electron chi connectivity index (χ1n) is 7.21. The zero-order chi connectivity index (χ0) is 17.5. The van der Waals surface area contributed by atoms with E-state index in [0.717, 1.165) is 4.88 Å². The Bertz CT molecular complexity index is 705. The third-order valence-electron chi connectivity index (χ3n) is 3.23. The van der Waals surface area contributed by atoms with E-state index in [4.69, 9.17) is 33.0 Å². The van der Waals surface area contributed by atoms with E-state index in [1.54, 1.807) is 18.2 Å². The van der Waals surface area contributed by atoms with Crippen molar-refractivity contribution in [2.75, 3.05) is 25.1 Å². The Morgan fingerprint density at radius 1 is 1.29 bits per heavy atom. The summed E-state index contributed by atoms with van der Waals surface area (Å²) >= 11 is 13.6. The fourth-order valence-corrected chi connectivity index (χ4v) is 3.49. The summed E-state index contributed by atoms with van der Waals surface area (Å²) in [6.45, 7) is 0.610. The van der Waals surface area contributed by atoms with Crippen LogP contribution in [0.3, 0.4) is 0 Å². The van der Waals surface area contributed by atoms with Gasteiger partial charge in [0.25, 0.3) is 0 Å². The molecule has 0 saturated heterocycles. The number of aliphatic hydroxyl groups excluding tert-OH is 1. The van der Waals surface area contributed by atoms with E-state index in [-0.39, 0.29) is 19.6 Å². The maximum absolute atomic E-state index is 11.1. The van der Waals surface area contributed by atoms with Crippen LogP contribution in [0.15, 0.2) is 23.6 Å². The topological polar surface area (TPSA) is 81.6 Å². The van der Waals surface area contributed by atoms with Gasteiger partial charge in [-0.05, 0) is 17.7 Å². The SMILES string of the molecule is O=C([O-])Cc1c(Nc2cccc(Cl)c2Cl)csc1CCOCCO. The number of benzene rings is 1. The molecule has 130 valence electrons. The van der Waals surface area contributed by atoms with Gasteiger partial charge in [0.15, 0.2) is 0 Å². The van der Waals surface area contributed by atoms with Gasteiger partial charge in [-0.2, -0.15) is 0 Å². The fourth-order valence-electron chi connectivity index (χ4n) is 2.15. The average molecular weight is 389 g/mol. The molecule has 8 heteroatoms. The van der Waals surface area contributed by atoms with Gasteiger partial charge >= 0.3 is 0 Å². The van der Waals surface area contributed by atoms with E-state index < -0.39 is 5.97 Å². The highest BCUT2D eigenvalue weighted by atomic mass is 35.5. The third kappa shape index (κ3) is 5.09. The molecule has 0 unspecified atom stereocenters. The molecule has 1 aromatic carbocycles. The Hall–Kier alpha value is -1.31. The van der Waals surface area contributed by atoms with Crippen molar-refractivity contribution in [3.05, 3.63) is 44.1 Å². The standard InChI is InChI=1S/C16H17Cl2NO4S/c17-11-2-1-3-12(16(11)18)19-13-9-24-14(4-6-23-7-5-20)10(13)8-15(21)22/h1-3,9,19-20H,4-8H2,(H,21,22)/p-1. The van der Waals surface area contributed by atoms with Crippen molar-refractivity contribution in [1.29, 1.82) is 0 Å². The number of aliphatic carboxylic acids is 1. The van der Waals surface area contributed by atoms with Gasteiger partial charge in [0.2, 0.25) is 0 Å². The second kappa shape index (κ2) is 9.25. The van der Waals surface area contributed by atoms with E-state index in [1.165, 1.54) is 11.3 Å². The van der Waals surface area contributed by atoms with Crippen molar-refractivity contribution >= 4 is 51.9 Å². The molecule has 2 rings (SSSR count). The number of nitrogens with one attached hydrogen (secondary N) is 1. The van der Waals surface area contributed by atoms with Crippen molar-refractivity contribution in [2.24, 2.45) is 0 Å². The molecule has 2 N–H and O–H groups in total. The lowest BCUT2D eigenvalue weighted by Gasteiger charge is -2.12. The van der Waals surface area contributed by atoms with E-state index >= 15 is 0 Å². The monoisotopic (exact) mass is 388 g/mol. The molecule has 0 aliphatic rings. The predicted molar refractivity (Wildman–Crippen MR) is 94.4 cm³/mol. The van der Waals surface area contributed by atoms with Crippen LogP contribution >= 0.6 is 34.5 Å². The molecule has 0 bridgehead atoms. The summed E-state index contributed by atoms with van der Waals surface area (Å²) in [6.07, 6.45) is 0.345. The molecule has 2 aromatic rings. The summed E-state index contributed by atoms with van der Waals surface area (Å²) in [5, 5.41) is 25.5. The predicted octanol–water partition coefficient (Wildman–Crippen LogP) is 2.64. The molecule has 1 aromatic heterocycles. The Morgan fingerprint density at radius 2 is 2.08 bits per heavy atom. The molecule has 5 nitrogen and oxygen atoms in total. The van der Waals surface area contributed by atoms with Crippen molar-refractivity contribution in [1.82, 2.24) is 0 Å². The molecule has 0 aliphatic carbocycles. The van der Waals surface area contributed by atoms with E-state index in [2.05, 4.69) is 5.32 Å². The fraction of sp³-hybridized carbons (Fsp3) is 0.312. The van der Waals surface area contributed by atoms with Crippen molar-refractivity contribution in [3.63, 3.8) is 0 Å². The first-order valence-corrected chi connectivity index (χ1v) is 8.85. The van der Waals surface area contributed by atoms with Crippen LogP contribution in [0.4, 0.5) is 11.4 Å². The summed E-state index contributed by atoms with van der Waals surface area (Å²) in [6, 6.07) is 5.19. The van der Waals surface area contributed by atoms with E-state index in [1.807, 2.05) is 5.38 Å². The maximum atomic E-state index is 11.1. The molecule has 1 heterocycles. The molecule has 0 aliphatic heterocycles. The van der Waals surface area contributed by atoms with Crippen LogP contribution < -0.4 is 10.4 Å². The second-order valence-corrected chi connectivity index (χ2v) is 6.66. The second-order valence-electron chi connectivity index (χ2n) is 4.91. The summed E-state index contributed by atoms with van der Waals surface area (Å²) in [7, 11) is 0. The van der Waals surface area contributed by atoms with E-state index in [0.29, 0.717) is 40.0 Å². The van der Waals surface area contributed by atoms with Crippen molar-refractivity contribution < 1.29 is 19.7 Å². The molecule has 24 heavy (non-hydrogen) atoms. The first-order chi connectivity index (χ1) is 11.5. The van der Waals surface area contributed by atoms with Crippen LogP contribution in [-0.4, -0.2) is 30.9 Å². The number of carboxylic acid groups (broad SMARTS) is 1. The summed E-state index contributed by atoms with van der Waals surface area (Å²) < 4.78 is 5.24. The number of hydrogen-bond acceptors (Lipinski definition) is 6. The number of hydrogen-bond donors (Lipinski definition) is 2. The van der Waals surface area contributed by atoms with Gasteiger partial charge in [0.1, 0.15) is 0 Å². The summed E-state index contributed by atoms with van der Waals surface area (Å²) in [5.74, 6) is -1.16. The van der Waals surface area contributed by atoms with Gasteiger partial charge in [-0.3, -0.25) is 0 Å². The van der Waals surface area contributed by atoms with Crippen LogP contribution in [0.5, 0.6) is 0 Å². The molecule has 0 atom stereocenters. The quantitative estimate of drug-likeness (QED) is 0.645. The Labute approximate surface area is 153 Å². The smallest absolute Gasteiger partial charge is 0.0827 e. The number of thiophene rings is 1. The molecule has 0 saturated carbocycles. The number of carbonyl (C=O) groups excluding carboxylic acids is 1. The van der Waals surface area contributed by atoms with Crippen LogP contribution in [-0.2, 0) is 22.4 Å². The number of halogens is 2. The molecule has 0 radical (unpaired) electrons. The van der Waals surface area contributed by atoms with Gasteiger partial charge < -0.3 is 25.1 Å². The molecule has 0 fully saturated rings. The highest BCUT2D eigenvalue weighted by Gasteiger charge is 2.14. The lowest BCUT2D eigenvalue weighted by Crippen LogP contribution is -2.25. The Kier molecular flexibility index (Phi) is 7.33. The van der Waals surface area contributed by atoms with Gasteiger partial charge in [-0.25, -0.2) is 0 Å². The molecule has 0 amide bonds. The zero-order valence-electron chi connectivity index (χ0n) is 12.7. The lowest BCUT2D eigenvalue weighted by molar-refractivity contribution is -0.304. The lowest BCUT2D eigenvalue weighted by atomic mass is 10.1. The maximum Gasteiger partial charge on any atom is 0.0827 e. The third-order valence-corrected chi connectivity index (χ3v) is 5.14. The molecule has 0 spiro atoms. The van der Waals surface area contributed by atoms with Crippen LogP contribution in [0.25, 0.3) is 0 Å². The summed E-state index contributed by atoms with van der Waals surface area (Å²) in [4.78, 5) is 12.0.